The normalized spacial score (nSPS) is 16.1. The topological polar surface area (TPSA) is 63.3 Å². The van der Waals surface area contributed by atoms with E-state index >= 15 is 0 Å². The van der Waals surface area contributed by atoms with Crippen molar-refractivity contribution < 1.29 is 22.4 Å². The summed E-state index contributed by atoms with van der Waals surface area (Å²) in [5.41, 5.74) is 1.83. The van der Waals surface area contributed by atoms with Crippen LogP contribution >= 0.6 is 0 Å². The van der Waals surface area contributed by atoms with Crippen molar-refractivity contribution in [2.45, 2.75) is 44.6 Å². The molecule has 1 aliphatic rings. The molecule has 0 bridgehead atoms. The zero-order chi connectivity index (χ0) is 22.9. The van der Waals surface area contributed by atoms with Crippen LogP contribution in [0.25, 0.3) is 0 Å². The number of aromatic nitrogens is 2. The molecule has 0 spiro atoms. The molecule has 0 unspecified atom stereocenters. The Bertz CT molecular complexity index is 1090. The third-order valence-corrected chi connectivity index (χ3v) is 5.88. The molecule has 0 saturated carbocycles. The second-order valence-electron chi connectivity index (χ2n) is 8.11. The molecular formula is C23H25F3N4O2. The fourth-order valence-corrected chi connectivity index (χ4v) is 4.23. The molecule has 0 radical (unpaired) electrons. The molecule has 170 valence electrons. The summed E-state index contributed by atoms with van der Waals surface area (Å²) in [6, 6.07) is 9.12. The van der Waals surface area contributed by atoms with Gasteiger partial charge in [-0.2, -0.15) is 18.3 Å². The summed E-state index contributed by atoms with van der Waals surface area (Å²) < 4.78 is 46.9. The van der Waals surface area contributed by atoms with Gasteiger partial charge in [-0.05, 0) is 43.0 Å². The van der Waals surface area contributed by atoms with Gasteiger partial charge in [0.2, 0.25) is 0 Å². The lowest BCUT2D eigenvalue weighted by Gasteiger charge is -2.25. The number of hydrogen-bond acceptors (Lipinski definition) is 4. The maximum atomic E-state index is 13.3. The number of alkyl halides is 3. The zero-order valence-electron chi connectivity index (χ0n) is 17.9. The van der Waals surface area contributed by atoms with E-state index in [1.807, 2.05) is 7.05 Å². The average Bonchev–Trinajstić information content (AvgIpc) is 3.39. The number of fused-ring (bicyclic) bond motifs is 1. The molecule has 0 fully saturated rings. The molecule has 0 saturated heterocycles. The molecular weight excluding hydrogens is 421 g/mol. The van der Waals surface area contributed by atoms with Crippen LogP contribution < -0.4 is 5.32 Å². The van der Waals surface area contributed by atoms with Crippen LogP contribution in [0.5, 0.6) is 0 Å². The highest BCUT2D eigenvalue weighted by Gasteiger charge is 2.33. The summed E-state index contributed by atoms with van der Waals surface area (Å²) in [4.78, 5) is 14.6. The SMILES string of the molecule is CN(Cc1ccco1)C(=O)c1nn(C)c2c1C[C@H](NCc1ccccc1C(F)(F)F)CC2. The fraction of sp³-hybridized carbons (Fsp3) is 0.391. The summed E-state index contributed by atoms with van der Waals surface area (Å²) in [5.74, 6) is 0.467. The molecule has 1 aromatic carbocycles. The number of amides is 1. The number of aryl methyl sites for hydroxylation is 1. The van der Waals surface area contributed by atoms with E-state index in [-0.39, 0.29) is 24.1 Å². The second-order valence-corrected chi connectivity index (χ2v) is 8.11. The van der Waals surface area contributed by atoms with E-state index in [4.69, 9.17) is 4.42 Å². The van der Waals surface area contributed by atoms with Gasteiger partial charge in [0, 0.05) is 37.9 Å². The number of nitrogens with one attached hydrogen (secondary N) is 1. The summed E-state index contributed by atoms with van der Waals surface area (Å²) >= 11 is 0. The van der Waals surface area contributed by atoms with Crippen molar-refractivity contribution in [2.75, 3.05) is 7.05 Å². The van der Waals surface area contributed by atoms with E-state index in [9.17, 15) is 18.0 Å². The van der Waals surface area contributed by atoms with Crippen LogP contribution in [0.4, 0.5) is 13.2 Å². The summed E-state index contributed by atoms with van der Waals surface area (Å²) in [6.45, 7) is 0.435. The van der Waals surface area contributed by atoms with Gasteiger partial charge in [0.15, 0.2) is 5.69 Å². The number of benzene rings is 1. The van der Waals surface area contributed by atoms with E-state index < -0.39 is 11.7 Å². The van der Waals surface area contributed by atoms with Crippen LogP contribution in [-0.2, 0) is 39.2 Å². The molecule has 2 aromatic heterocycles. The molecule has 1 amide bonds. The van der Waals surface area contributed by atoms with Gasteiger partial charge in [-0.25, -0.2) is 0 Å². The van der Waals surface area contributed by atoms with Crippen molar-refractivity contribution in [1.82, 2.24) is 20.0 Å². The number of carbonyl (C=O) groups excluding carboxylic acids is 1. The van der Waals surface area contributed by atoms with Crippen LogP contribution in [0.2, 0.25) is 0 Å². The number of hydrogen-bond donors (Lipinski definition) is 1. The Balaban J connectivity index is 1.47. The quantitative estimate of drug-likeness (QED) is 0.623. The molecule has 1 N–H and O–H groups in total. The van der Waals surface area contributed by atoms with Crippen molar-refractivity contribution >= 4 is 5.91 Å². The van der Waals surface area contributed by atoms with Gasteiger partial charge in [-0.15, -0.1) is 0 Å². The summed E-state index contributed by atoms with van der Waals surface area (Å²) in [7, 11) is 3.51. The maximum absolute atomic E-state index is 13.3. The van der Waals surface area contributed by atoms with Crippen molar-refractivity contribution in [3.8, 4) is 0 Å². The number of furan rings is 1. The zero-order valence-corrected chi connectivity index (χ0v) is 17.9. The molecule has 32 heavy (non-hydrogen) atoms. The lowest BCUT2D eigenvalue weighted by atomic mass is 9.90. The monoisotopic (exact) mass is 446 g/mol. The van der Waals surface area contributed by atoms with Crippen LogP contribution in [0.3, 0.4) is 0 Å². The van der Waals surface area contributed by atoms with Gasteiger partial charge in [-0.1, -0.05) is 18.2 Å². The van der Waals surface area contributed by atoms with Gasteiger partial charge >= 0.3 is 6.18 Å². The van der Waals surface area contributed by atoms with Crippen LogP contribution in [-0.4, -0.2) is 33.7 Å². The van der Waals surface area contributed by atoms with Gasteiger partial charge in [0.25, 0.3) is 5.91 Å². The number of halogens is 3. The Morgan fingerprint density at radius 3 is 2.78 bits per heavy atom. The first kappa shape index (κ1) is 22.1. The van der Waals surface area contributed by atoms with E-state index in [0.717, 1.165) is 23.7 Å². The molecule has 1 aliphatic carbocycles. The smallest absolute Gasteiger partial charge is 0.416 e. The van der Waals surface area contributed by atoms with E-state index in [2.05, 4.69) is 10.4 Å². The predicted molar refractivity (Wildman–Crippen MR) is 112 cm³/mol. The third-order valence-electron chi connectivity index (χ3n) is 5.88. The minimum absolute atomic E-state index is 0.0464. The second kappa shape index (κ2) is 8.82. The largest absolute Gasteiger partial charge is 0.467 e. The Hall–Kier alpha value is -3.07. The van der Waals surface area contributed by atoms with Crippen LogP contribution in [0.15, 0.2) is 47.1 Å². The number of rotatable bonds is 6. The van der Waals surface area contributed by atoms with E-state index in [1.54, 1.807) is 41.1 Å². The van der Waals surface area contributed by atoms with Crippen LogP contribution in [0.1, 0.15) is 45.1 Å². The fourth-order valence-electron chi connectivity index (χ4n) is 4.23. The molecule has 9 heteroatoms. The molecule has 1 atom stereocenters. The lowest BCUT2D eigenvalue weighted by molar-refractivity contribution is -0.138. The lowest BCUT2D eigenvalue weighted by Crippen LogP contribution is -2.36. The summed E-state index contributed by atoms with van der Waals surface area (Å²) in [5, 5.41) is 7.72. The van der Waals surface area contributed by atoms with Crippen LogP contribution in [0, 0.1) is 0 Å². The van der Waals surface area contributed by atoms with Crippen molar-refractivity contribution in [2.24, 2.45) is 7.05 Å². The molecule has 6 nitrogen and oxygen atoms in total. The van der Waals surface area contributed by atoms with Crippen molar-refractivity contribution in [3.63, 3.8) is 0 Å². The average molecular weight is 446 g/mol. The first-order valence-corrected chi connectivity index (χ1v) is 10.4. The molecule has 3 aromatic rings. The summed E-state index contributed by atoms with van der Waals surface area (Å²) in [6.07, 6.45) is -0.834. The third kappa shape index (κ3) is 4.57. The number of carbonyl (C=O) groups is 1. The minimum Gasteiger partial charge on any atom is -0.467 e. The maximum Gasteiger partial charge on any atom is 0.416 e. The van der Waals surface area contributed by atoms with Gasteiger partial charge in [-0.3, -0.25) is 9.48 Å². The molecule has 2 heterocycles. The highest BCUT2D eigenvalue weighted by atomic mass is 19.4. The molecule has 4 rings (SSSR count). The predicted octanol–water partition coefficient (Wildman–Crippen LogP) is 3.95. The van der Waals surface area contributed by atoms with Crippen molar-refractivity contribution in [3.05, 3.63) is 76.5 Å². The Morgan fingerprint density at radius 2 is 2.06 bits per heavy atom. The minimum atomic E-state index is -4.39. The highest BCUT2D eigenvalue weighted by Crippen LogP contribution is 2.32. The van der Waals surface area contributed by atoms with Gasteiger partial charge in [0.05, 0.1) is 18.4 Å². The number of nitrogens with zero attached hydrogens (tertiary/aromatic N) is 3. The standard InChI is InChI=1S/C23H25F3N4O2/c1-29(14-17-7-5-11-32-17)22(31)21-18-12-16(9-10-20(18)30(2)28-21)27-13-15-6-3-4-8-19(15)23(24,25)26/h3-8,11,16,27H,9-10,12-14H2,1-2H3/t16-/m1/s1. The first-order valence-electron chi connectivity index (χ1n) is 10.4. The Morgan fingerprint density at radius 1 is 1.28 bits per heavy atom. The van der Waals surface area contributed by atoms with Crippen molar-refractivity contribution in [1.29, 1.82) is 0 Å². The Labute approximate surface area is 184 Å². The Kier molecular flexibility index (Phi) is 6.10. The highest BCUT2D eigenvalue weighted by molar-refractivity contribution is 5.94. The van der Waals surface area contributed by atoms with E-state index in [1.165, 1.54) is 12.1 Å². The van der Waals surface area contributed by atoms with Gasteiger partial charge < -0.3 is 14.6 Å². The first-order chi connectivity index (χ1) is 15.2. The van der Waals surface area contributed by atoms with Gasteiger partial charge in [0.1, 0.15) is 5.76 Å². The van der Waals surface area contributed by atoms with E-state index in [0.29, 0.717) is 30.8 Å². The molecule has 0 aliphatic heterocycles.